The lowest BCUT2D eigenvalue weighted by Crippen LogP contribution is -2.22. The average molecular weight is 371 g/mol. The molecular formula is C22H21N5O. The number of para-hydroxylation sites is 1. The summed E-state index contributed by atoms with van der Waals surface area (Å²) in [5.41, 5.74) is 3.72. The number of nitrogens with zero attached hydrogens (tertiary/aromatic N) is 4. The molecule has 0 bridgehead atoms. The van der Waals surface area contributed by atoms with Gasteiger partial charge in [0.1, 0.15) is 11.3 Å². The summed E-state index contributed by atoms with van der Waals surface area (Å²) in [6, 6.07) is 17.7. The van der Waals surface area contributed by atoms with Crippen molar-refractivity contribution in [2.45, 2.75) is 25.8 Å². The van der Waals surface area contributed by atoms with E-state index in [1.165, 1.54) is 0 Å². The zero-order valence-electron chi connectivity index (χ0n) is 15.5. The lowest BCUT2D eigenvalue weighted by Gasteiger charge is -2.09. The first-order valence-electron chi connectivity index (χ1n) is 9.34. The predicted molar refractivity (Wildman–Crippen MR) is 108 cm³/mol. The van der Waals surface area contributed by atoms with Crippen molar-refractivity contribution in [3.05, 3.63) is 84.6 Å². The third kappa shape index (κ3) is 4.06. The SMILES string of the molecule is O=C(CCCc1nc2cccnc2n1-c1ccccc1)NCc1cccnc1. The highest BCUT2D eigenvalue weighted by molar-refractivity contribution is 5.76. The second kappa shape index (κ2) is 8.43. The van der Waals surface area contributed by atoms with Gasteiger partial charge in [-0.1, -0.05) is 24.3 Å². The van der Waals surface area contributed by atoms with Crippen molar-refractivity contribution in [2.24, 2.45) is 0 Å². The van der Waals surface area contributed by atoms with Crippen LogP contribution in [-0.2, 0) is 17.8 Å². The molecule has 0 unspecified atom stereocenters. The number of hydrogen-bond acceptors (Lipinski definition) is 4. The van der Waals surface area contributed by atoms with Crippen molar-refractivity contribution in [1.82, 2.24) is 24.8 Å². The number of benzene rings is 1. The summed E-state index contributed by atoms with van der Waals surface area (Å²) in [5.74, 6) is 0.948. The quantitative estimate of drug-likeness (QED) is 0.540. The molecule has 0 radical (unpaired) electrons. The summed E-state index contributed by atoms with van der Waals surface area (Å²) in [5, 5.41) is 2.94. The number of nitrogens with one attached hydrogen (secondary N) is 1. The smallest absolute Gasteiger partial charge is 0.220 e. The first-order chi connectivity index (χ1) is 13.8. The van der Waals surface area contributed by atoms with E-state index in [4.69, 9.17) is 4.98 Å². The van der Waals surface area contributed by atoms with Gasteiger partial charge >= 0.3 is 0 Å². The third-order valence-corrected chi connectivity index (χ3v) is 4.52. The zero-order chi connectivity index (χ0) is 19.2. The van der Waals surface area contributed by atoms with E-state index < -0.39 is 0 Å². The fourth-order valence-corrected chi connectivity index (χ4v) is 3.17. The Kier molecular flexibility index (Phi) is 5.38. The van der Waals surface area contributed by atoms with Crippen molar-refractivity contribution in [3.8, 4) is 5.69 Å². The minimum Gasteiger partial charge on any atom is -0.352 e. The van der Waals surface area contributed by atoms with Crippen LogP contribution in [0.4, 0.5) is 0 Å². The molecule has 140 valence electrons. The third-order valence-electron chi connectivity index (χ3n) is 4.52. The Hall–Kier alpha value is -3.54. The number of fused-ring (bicyclic) bond motifs is 1. The van der Waals surface area contributed by atoms with Gasteiger partial charge in [0, 0.05) is 43.7 Å². The number of pyridine rings is 2. The van der Waals surface area contributed by atoms with Crippen molar-refractivity contribution in [2.75, 3.05) is 0 Å². The molecule has 1 N–H and O–H groups in total. The summed E-state index contributed by atoms with van der Waals surface area (Å²) in [7, 11) is 0. The van der Waals surface area contributed by atoms with E-state index in [0.29, 0.717) is 19.4 Å². The molecule has 6 nitrogen and oxygen atoms in total. The van der Waals surface area contributed by atoms with Gasteiger partial charge in [-0.25, -0.2) is 9.97 Å². The normalized spacial score (nSPS) is 10.9. The average Bonchev–Trinajstić information content (AvgIpc) is 3.12. The van der Waals surface area contributed by atoms with Crippen LogP contribution in [0.3, 0.4) is 0 Å². The molecule has 1 amide bonds. The molecule has 1 aromatic carbocycles. The Labute approximate surface area is 163 Å². The number of aryl methyl sites for hydroxylation is 1. The van der Waals surface area contributed by atoms with Crippen LogP contribution in [0.5, 0.6) is 0 Å². The second-order valence-corrected chi connectivity index (χ2v) is 6.54. The molecule has 3 heterocycles. The molecule has 4 aromatic rings. The Bertz CT molecular complexity index is 1060. The highest BCUT2D eigenvalue weighted by Gasteiger charge is 2.13. The lowest BCUT2D eigenvalue weighted by atomic mass is 10.2. The van der Waals surface area contributed by atoms with Crippen molar-refractivity contribution in [1.29, 1.82) is 0 Å². The minimum atomic E-state index is 0.0318. The Morgan fingerprint density at radius 1 is 1.00 bits per heavy atom. The highest BCUT2D eigenvalue weighted by atomic mass is 16.1. The van der Waals surface area contributed by atoms with Crippen molar-refractivity contribution in [3.63, 3.8) is 0 Å². The fraction of sp³-hybridized carbons (Fsp3) is 0.182. The van der Waals surface area contributed by atoms with E-state index in [9.17, 15) is 4.79 Å². The first kappa shape index (κ1) is 17.9. The van der Waals surface area contributed by atoms with Crippen LogP contribution in [0.25, 0.3) is 16.9 Å². The molecule has 0 aliphatic heterocycles. The van der Waals surface area contributed by atoms with Crippen LogP contribution in [0, 0.1) is 0 Å². The van der Waals surface area contributed by atoms with Crippen LogP contribution < -0.4 is 5.32 Å². The number of carbonyl (C=O) groups is 1. The Morgan fingerprint density at radius 3 is 2.68 bits per heavy atom. The summed E-state index contributed by atoms with van der Waals surface area (Å²) in [6.45, 7) is 0.499. The summed E-state index contributed by atoms with van der Waals surface area (Å²) in [4.78, 5) is 25.5. The number of amides is 1. The maximum Gasteiger partial charge on any atom is 0.220 e. The van der Waals surface area contributed by atoms with Crippen molar-refractivity contribution >= 4 is 17.1 Å². The van der Waals surface area contributed by atoms with E-state index in [-0.39, 0.29) is 5.91 Å². The molecule has 6 heteroatoms. The molecule has 0 aliphatic carbocycles. The molecule has 4 rings (SSSR count). The molecule has 0 aliphatic rings. The fourth-order valence-electron chi connectivity index (χ4n) is 3.17. The first-order valence-corrected chi connectivity index (χ1v) is 9.34. The van der Waals surface area contributed by atoms with Crippen LogP contribution in [0.15, 0.2) is 73.2 Å². The zero-order valence-corrected chi connectivity index (χ0v) is 15.5. The minimum absolute atomic E-state index is 0.0318. The monoisotopic (exact) mass is 371 g/mol. The van der Waals surface area contributed by atoms with Gasteiger partial charge in [0.2, 0.25) is 5.91 Å². The standard InChI is InChI=1S/C22H21N5O/c28-21(25-16-17-7-5-13-23-15-17)12-4-11-20-26-19-10-6-14-24-22(19)27(20)18-8-2-1-3-9-18/h1-3,5-10,13-15H,4,11-12,16H2,(H,25,28). The van der Waals surface area contributed by atoms with Gasteiger partial charge in [0.25, 0.3) is 0 Å². The van der Waals surface area contributed by atoms with Gasteiger partial charge in [-0.2, -0.15) is 0 Å². The van der Waals surface area contributed by atoms with Crippen LogP contribution in [0.1, 0.15) is 24.2 Å². The maximum absolute atomic E-state index is 12.2. The largest absolute Gasteiger partial charge is 0.352 e. The number of aromatic nitrogens is 4. The second-order valence-electron chi connectivity index (χ2n) is 6.54. The van der Waals surface area contributed by atoms with Gasteiger partial charge in [-0.15, -0.1) is 0 Å². The van der Waals surface area contributed by atoms with Gasteiger partial charge in [0.15, 0.2) is 5.65 Å². The molecule has 0 saturated heterocycles. The van der Waals surface area contributed by atoms with Gasteiger partial charge < -0.3 is 5.32 Å². The summed E-state index contributed by atoms with van der Waals surface area (Å²) in [6.07, 6.45) is 7.12. The van der Waals surface area contributed by atoms with E-state index in [1.54, 1.807) is 18.6 Å². The molecular weight excluding hydrogens is 350 g/mol. The summed E-state index contributed by atoms with van der Waals surface area (Å²) < 4.78 is 2.07. The molecule has 3 aromatic heterocycles. The van der Waals surface area contributed by atoms with Gasteiger partial charge in [-0.05, 0) is 42.3 Å². The number of rotatable bonds is 7. The van der Waals surface area contributed by atoms with Crippen LogP contribution >= 0.6 is 0 Å². The van der Waals surface area contributed by atoms with E-state index in [1.807, 2.05) is 54.6 Å². The number of imidazole rings is 1. The predicted octanol–water partition coefficient (Wildman–Crippen LogP) is 3.45. The maximum atomic E-state index is 12.2. The van der Waals surface area contributed by atoms with Gasteiger partial charge in [0.05, 0.1) is 0 Å². The van der Waals surface area contributed by atoms with E-state index >= 15 is 0 Å². The number of carbonyl (C=O) groups excluding carboxylic acids is 1. The Balaban J connectivity index is 1.43. The van der Waals surface area contributed by atoms with Gasteiger partial charge in [-0.3, -0.25) is 14.3 Å². The molecule has 0 saturated carbocycles. The Morgan fingerprint density at radius 2 is 1.86 bits per heavy atom. The van der Waals surface area contributed by atoms with Crippen molar-refractivity contribution < 1.29 is 4.79 Å². The molecule has 28 heavy (non-hydrogen) atoms. The van der Waals surface area contributed by atoms with E-state index in [2.05, 4.69) is 19.9 Å². The topological polar surface area (TPSA) is 72.7 Å². The lowest BCUT2D eigenvalue weighted by molar-refractivity contribution is -0.121. The van der Waals surface area contributed by atoms with Crippen LogP contribution in [0.2, 0.25) is 0 Å². The molecule has 0 spiro atoms. The highest BCUT2D eigenvalue weighted by Crippen LogP contribution is 2.20. The van der Waals surface area contributed by atoms with Crippen LogP contribution in [-0.4, -0.2) is 25.4 Å². The van der Waals surface area contributed by atoms with E-state index in [0.717, 1.165) is 34.7 Å². The summed E-state index contributed by atoms with van der Waals surface area (Å²) >= 11 is 0. The number of hydrogen-bond donors (Lipinski definition) is 1. The molecule has 0 fully saturated rings. The molecule has 0 atom stereocenters.